The highest BCUT2D eigenvalue weighted by Crippen LogP contribution is 2.23. The molecule has 2 aromatic rings. The molecule has 1 heterocycles. The summed E-state index contributed by atoms with van der Waals surface area (Å²) in [6.45, 7) is 4.05. The molecule has 2 rings (SSSR count). The fourth-order valence-electron chi connectivity index (χ4n) is 2.35. The Morgan fingerprint density at radius 2 is 2.11 bits per heavy atom. The van der Waals surface area contributed by atoms with E-state index in [1.54, 1.807) is 0 Å². The maximum Gasteiger partial charge on any atom is 0.0644 e. The molecule has 0 spiro atoms. The standard InChI is InChI=1S/C14H18ClN3/c1-9-14(10(2)18(3)17-9)13(16)8-11-5-4-6-12(15)7-11/h4-7,13H,8,16H2,1-3H3. The third-order valence-corrected chi connectivity index (χ3v) is 3.52. The number of hydrogen-bond donors (Lipinski definition) is 1. The second kappa shape index (κ2) is 5.12. The lowest BCUT2D eigenvalue weighted by Crippen LogP contribution is -2.15. The van der Waals surface area contributed by atoms with Crippen LogP contribution in [0.25, 0.3) is 0 Å². The molecule has 96 valence electrons. The van der Waals surface area contributed by atoms with Gasteiger partial charge in [-0.05, 0) is 38.0 Å². The van der Waals surface area contributed by atoms with Crippen LogP contribution < -0.4 is 5.73 Å². The Morgan fingerprint density at radius 1 is 1.39 bits per heavy atom. The van der Waals surface area contributed by atoms with Crippen LogP contribution in [0.3, 0.4) is 0 Å². The van der Waals surface area contributed by atoms with E-state index in [-0.39, 0.29) is 6.04 Å². The minimum Gasteiger partial charge on any atom is -0.324 e. The van der Waals surface area contributed by atoms with Gasteiger partial charge in [0.1, 0.15) is 0 Å². The van der Waals surface area contributed by atoms with Crippen LogP contribution >= 0.6 is 11.6 Å². The van der Waals surface area contributed by atoms with Gasteiger partial charge in [0.2, 0.25) is 0 Å². The average Bonchev–Trinajstić information content (AvgIpc) is 2.53. The van der Waals surface area contributed by atoms with Gasteiger partial charge in [0, 0.05) is 29.4 Å². The van der Waals surface area contributed by atoms with Crippen LogP contribution in [-0.4, -0.2) is 9.78 Å². The van der Waals surface area contributed by atoms with Crippen molar-refractivity contribution < 1.29 is 0 Å². The zero-order valence-corrected chi connectivity index (χ0v) is 11.7. The fraction of sp³-hybridized carbons (Fsp3) is 0.357. The first-order chi connectivity index (χ1) is 8.49. The molecule has 0 saturated heterocycles. The topological polar surface area (TPSA) is 43.8 Å². The van der Waals surface area contributed by atoms with Gasteiger partial charge in [0.25, 0.3) is 0 Å². The van der Waals surface area contributed by atoms with E-state index in [0.29, 0.717) is 0 Å². The average molecular weight is 264 g/mol. The first kappa shape index (κ1) is 13.1. The summed E-state index contributed by atoms with van der Waals surface area (Å²) in [5, 5.41) is 5.15. The van der Waals surface area contributed by atoms with Crippen LogP contribution in [0.5, 0.6) is 0 Å². The van der Waals surface area contributed by atoms with Gasteiger partial charge in [-0.3, -0.25) is 4.68 Å². The van der Waals surface area contributed by atoms with Gasteiger partial charge in [-0.2, -0.15) is 5.10 Å². The number of rotatable bonds is 3. The summed E-state index contributed by atoms with van der Waals surface area (Å²) in [6.07, 6.45) is 0.772. The number of nitrogens with two attached hydrogens (primary N) is 1. The van der Waals surface area contributed by atoms with Crippen molar-refractivity contribution in [3.05, 3.63) is 51.8 Å². The molecule has 0 fully saturated rings. The zero-order chi connectivity index (χ0) is 13.3. The van der Waals surface area contributed by atoms with Crippen molar-refractivity contribution in [3.8, 4) is 0 Å². The number of benzene rings is 1. The summed E-state index contributed by atoms with van der Waals surface area (Å²) in [6, 6.07) is 7.79. The summed E-state index contributed by atoms with van der Waals surface area (Å²) in [5.74, 6) is 0. The highest BCUT2D eigenvalue weighted by atomic mass is 35.5. The van der Waals surface area contributed by atoms with E-state index in [4.69, 9.17) is 17.3 Å². The van der Waals surface area contributed by atoms with E-state index in [2.05, 4.69) is 5.10 Å². The first-order valence-corrected chi connectivity index (χ1v) is 6.37. The normalized spacial score (nSPS) is 12.7. The Labute approximate surface area is 113 Å². The maximum atomic E-state index is 6.30. The van der Waals surface area contributed by atoms with E-state index >= 15 is 0 Å². The molecule has 3 nitrogen and oxygen atoms in total. The molecule has 18 heavy (non-hydrogen) atoms. The van der Waals surface area contributed by atoms with Crippen molar-refractivity contribution in [3.63, 3.8) is 0 Å². The molecule has 2 N–H and O–H groups in total. The molecule has 1 unspecified atom stereocenters. The fourth-order valence-corrected chi connectivity index (χ4v) is 2.56. The predicted octanol–water partition coefficient (Wildman–Crippen LogP) is 2.93. The minimum absolute atomic E-state index is 0.0443. The van der Waals surface area contributed by atoms with Gasteiger partial charge < -0.3 is 5.73 Å². The first-order valence-electron chi connectivity index (χ1n) is 5.99. The molecule has 0 aliphatic rings. The number of aromatic nitrogens is 2. The Kier molecular flexibility index (Phi) is 3.73. The van der Waals surface area contributed by atoms with Crippen molar-refractivity contribution >= 4 is 11.6 Å². The highest BCUT2D eigenvalue weighted by molar-refractivity contribution is 6.30. The lowest BCUT2D eigenvalue weighted by Gasteiger charge is -2.13. The lowest BCUT2D eigenvalue weighted by molar-refractivity contribution is 0.700. The molecule has 0 saturated carbocycles. The SMILES string of the molecule is Cc1nn(C)c(C)c1C(N)Cc1cccc(Cl)c1. The monoisotopic (exact) mass is 263 g/mol. The summed E-state index contributed by atoms with van der Waals surface area (Å²) >= 11 is 5.98. The van der Waals surface area contributed by atoms with Gasteiger partial charge >= 0.3 is 0 Å². The Bertz CT molecular complexity index is 560. The number of halogens is 1. The Hall–Kier alpha value is -1.32. The largest absolute Gasteiger partial charge is 0.324 e. The van der Waals surface area contributed by atoms with Crippen LogP contribution in [-0.2, 0) is 13.5 Å². The van der Waals surface area contributed by atoms with Crippen molar-refractivity contribution in [2.45, 2.75) is 26.3 Å². The molecule has 1 atom stereocenters. The van der Waals surface area contributed by atoms with E-state index in [0.717, 1.165) is 34.0 Å². The van der Waals surface area contributed by atoms with Crippen molar-refractivity contribution in [1.82, 2.24) is 9.78 Å². The van der Waals surface area contributed by atoms with Crippen LogP contribution in [0.4, 0.5) is 0 Å². The smallest absolute Gasteiger partial charge is 0.0644 e. The van der Waals surface area contributed by atoms with Crippen molar-refractivity contribution in [2.75, 3.05) is 0 Å². The molecule has 0 amide bonds. The minimum atomic E-state index is -0.0443. The quantitative estimate of drug-likeness (QED) is 0.925. The number of aryl methyl sites for hydroxylation is 2. The van der Waals surface area contributed by atoms with E-state index < -0.39 is 0 Å². The zero-order valence-electron chi connectivity index (χ0n) is 10.9. The molecule has 1 aromatic carbocycles. The number of hydrogen-bond acceptors (Lipinski definition) is 2. The van der Waals surface area contributed by atoms with Gasteiger partial charge in [-0.15, -0.1) is 0 Å². The summed E-state index contributed by atoms with van der Waals surface area (Å²) in [7, 11) is 1.94. The molecule has 0 bridgehead atoms. The molecule has 0 aliphatic heterocycles. The highest BCUT2D eigenvalue weighted by Gasteiger charge is 2.17. The van der Waals surface area contributed by atoms with Crippen LogP contribution in [0, 0.1) is 13.8 Å². The Morgan fingerprint density at radius 3 is 2.67 bits per heavy atom. The molecule has 0 aliphatic carbocycles. The third-order valence-electron chi connectivity index (χ3n) is 3.28. The van der Waals surface area contributed by atoms with Crippen molar-refractivity contribution in [1.29, 1.82) is 0 Å². The molecule has 0 radical (unpaired) electrons. The summed E-state index contributed by atoms with van der Waals surface area (Å²) < 4.78 is 1.88. The second-order valence-corrected chi connectivity index (χ2v) is 5.09. The molecular weight excluding hydrogens is 246 g/mol. The maximum absolute atomic E-state index is 6.30. The van der Waals surface area contributed by atoms with Gasteiger partial charge in [-0.25, -0.2) is 0 Å². The summed E-state index contributed by atoms with van der Waals surface area (Å²) in [4.78, 5) is 0. The third kappa shape index (κ3) is 2.57. The van der Waals surface area contributed by atoms with Gasteiger partial charge in [-0.1, -0.05) is 23.7 Å². The Balaban J connectivity index is 2.24. The van der Waals surface area contributed by atoms with E-state index in [1.165, 1.54) is 0 Å². The number of nitrogens with zero attached hydrogens (tertiary/aromatic N) is 2. The van der Waals surface area contributed by atoms with Gasteiger partial charge in [0.05, 0.1) is 5.69 Å². The van der Waals surface area contributed by atoms with E-state index in [9.17, 15) is 0 Å². The lowest BCUT2D eigenvalue weighted by atomic mass is 9.98. The summed E-state index contributed by atoms with van der Waals surface area (Å²) in [5.41, 5.74) is 10.7. The predicted molar refractivity (Wildman–Crippen MR) is 74.8 cm³/mol. The van der Waals surface area contributed by atoms with Crippen molar-refractivity contribution in [2.24, 2.45) is 12.8 Å². The van der Waals surface area contributed by atoms with E-state index in [1.807, 2.05) is 49.8 Å². The van der Waals surface area contributed by atoms with Crippen LogP contribution in [0.15, 0.2) is 24.3 Å². The molecular formula is C14H18ClN3. The van der Waals surface area contributed by atoms with Crippen LogP contribution in [0.2, 0.25) is 5.02 Å². The van der Waals surface area contributed by atoms with Crippen LogP contribution in [0.1, 0.15) is 28.6 Å². The van der Waals surface area contributed by atoms with Gasteiger partial charge in [0.15, 0.2) is 0 Å². The molecule has 4 heteroatoms. The second-order valence-electron chi connectivity index (χ2n) is 4.65. The molecule has 1 aromatic heterocycles.